The summed E-state index contributed by atoms with van der Waals surface area (Å²) >= 11 is 0. The third-order valence-corrected chi connectivity index (χ3v) is 6.51. The molecule has 1 heterocycles. The Hall–Kier alpha value is -3.22. The van der Waals surface area contributed by atoms with Crippen molar-refractivity contribution in [1.82, 2.24) is 4.90 Å². The monoisotopic (exact) mass is 453 g/mol. The maximum Gasteiger partial charge on any atom is 0.410 e. The van der Waals surface area contributed by atoms with Crippen molar-refractivity contribution in [1.29, 1.82) is 0 Å². The molecule has 1 saturated carbocycles. The van der Waals surface area contributed by atoms with E-state index in [0.29, 0.717) is 37.9 Å². The molecular formula is C26H28FNO5. The summed E-state index contributed by atoms with van der Waals surface area (Å²) in [5.41, 5.74) is 3.43. The van der Waals surface area contributed by atoms with E-state index < -0.39 is 5.97 Å². The van der Waals surface area contributed by atoms with E-state index in [1.807, 2.05) is 18.2 Å². The molecule has 7 heteroatoms. The van der Waals surface area contributed by atoms with Gasteiger partial charge in [-0.05, 0) is 59.9 Å². The second kappa shape index (κ2) is 10.1. The van der Waals surface area contributed by atoms with Crippen LogP contribution in [0.25, 0.3) is 0 Å². The molecule has 0 aromatic heterocycles. The Labute approximate surface area is 192 Å². The Morgan fingerprint density at radius 3 is 2.67 bits per heavy atom. The van der Waals surface area contributed by atoms with Crippen molar-refractivity contribution < 1.29 is 28.6 Å². The van der Waals surface area contributed by atoms with E-state index in [1.165, 1.54) is 6.07 Å². The van der Waals surface area contributed by atoms with Gasteiger partial charge in [0, 0.05) is 32.4 Å². The number of carbonyl (C=O) groups excluding carboxylic acids is 2. The number of aliphatic carboxylic acids is 1. The fourth-order valence-corrected chi connectivity index (χ4v) is 4.80. The molecule has 1 amide bonds. The Morgan fingerprint density at radius 1 is 1.06 bits per heavy atom. The molecule has 1 fully saturated rings. The third kappa shape index (κ3) is 5.97. The van der Waals surface area contributed by atoms with Gasteiger partial charge in [0.2, 0.25) is 0 Å². The molecule has 33 heavy (non-hydrogen) atoms. The van der Waals surface area contributed by atoms with E-state index in [-0.39, 0.29) is 49.0 Å². The highest BCUT2D eigenvalue weighted by Gasteiger charge is 2.31. The largest absolute Gasteiger partial charge is 0.481 e. The Bertz CT molecular complexity index is 1050. The van der Waals surface area contributed by atoms with Crippen LogP contribution in [0.2, 0.25) is 0 Å². The third-order valence-electron chi connectivity index (χ3n) is 6.51. The predicted octanol–water partition coefficient (Wildman–Crippen LogP) is 4.32. The van der Waals surface area contributed by atoms with Gasteiger partial charge in [0.05, 0.1) is 0 Å². The first-order valence-corrected chi connectivity index (χ1v) is 11.4. The van der Waals surface area contributed by atoms with E-state index in [0.717, 1.165) is 23.1 Å². The van der Waals surface area contributed by atoms with Crippen LogP contribution in [0.4, 0.5) is 9.18 Å². The lowest BCUT2D eigenvalue weighted by atomic mass is 9.94. The average molecular weight is 454 g/mol. The first-order chi connectivity index (χ1) is 15.9. The highest BCUT2D eigenvalue weighted by molar-refractivity contribution is 5.83. The minimum atomic E-state index is -0.812. The number of ether oxygens (including phenoxy) is 1. The quantitative estimate of drug-likeness (QED) is 0.675. The molecule has 2 aromatic carbocycles. The number of carboxylic acids is 1. The summed E-state index contributed by atoms with van der Waals surface area (Å²) in [7, 11) is 0. The van der Waals surface area contributed by atoms with Gasteiger partial charge in [0.25, 0.3) is 0 Å². The standard InChI is InChI=1S/C26H28FNO5/c27-24-4-2-1-3-20(24)15-22(29)12-17-5-7-21-16-28(10-9-19(21)11-17)26(32)33-23-8-6-18(13-23)14-25(30)31/h1-5,7,11,18,23H,6,8-10,12-16H2,(H,30,31)/t18-,23-/m0/s1. The number of carbonyl (C=O) groups is 3. The van der Waals surface area contributed by atoms with Crippen molar-refractivity contribution in [2.45, 2.75) is 57.6 Å². The fourth-order valence-electron chi connectivity index (χ4n) is 4.80. The number of benzene rings is 2. The lowest BCUT2D eigenvalue weighted by molar-refractivity contribution is -0.138. The molecule has 174 valence electrons. The number of rotatable bonds is 7. The summed E-state index contributed by atoms with van der Waals surface area (Å²) in [6, 6.07) is 12.2. The van der Waals surface area contributed by atoms with Crippen molar-refractivity contribution in [3.8, 4) is 0 Å². The van der Waals surface area contributed by atoms with Crippen LogP contribution in [-0.2, 0) is 40.1 Å². The molecule has 1 aliphatic carbocycles. The Balaban J connectivity index is 1.30. The molecular weight excluding hydrogens is 425 g/mol. The summed E-state index contributed by atoms with van der Waals surface area (Å²) in [5.74, 6) is -1.15. The topological polar surface area (TPSA) is 83.9 Å². The lowest BCUT2D eigenvalue weighted by Crippen LogP contribution is -2.38. The van der Waals surface area contributed by atoms with Crippen LogP contribution in [0.3, 0.4) is 0 Å². The van der Waals surface area contributed by atoms with Crippen molar-refractivity contribution in [2.24, 2.45) is 5.92 Å². The zero-order valence-corrected chi connectivity index (χ0v) is 18.5. The van der Waals surface area contributed by atoms with Crippen LogP contribution in [0.15, 0.2) is 42.5 Å². The minimum absolute atomic E-state index is 0.0428. The van der Waals surface area contributed by atoms with Crippen LogP contribution >= 0.6 is 0 Å². The van der Waals surface area contributed by atoms with Gasteiger partial charge in [0.1, 0.15) is 17.7 Å². The molecule has 0 saturated heterocycles. The maximum absolute atomic E-state index is 13.8. The molecule has 1 aliphatic heterocycles. The van der Waals surface area contributed by atoms with Crippen molar-refractivity contribution in [3.63, 3.8) is 0 Å². The Morgan fingerprint density at radius 2 is 1.88 bits per heavy atom. The minimum Gasteiger partial charge on any atom is -0.481 e. The summed E-state index contributed by atoms with van der Waals surface area (Å²) in [6.45, 7) is 0.979. The molecule has 0 unspecified atom stereocenters. The number of halogens is 1. The van der Waals surface area contributed by atoms with Gasteiger partial charge in [-0.15, -0.1) is 0 Å². The number of Topliss-reactive ketones (excluding diaryl/α,β-unsaturated/α-hetero) is 1. The van der Waals surface area contributed by atoms with Gasteiger partial charge < -0.3 is 14.7 Å². The number of amides is 1. The number of hydrogen-bond donors (Lipinski definition) is 1. The van der Waals surface area contributed by atoms with Crippen LogP contribution in [0.1, 0.15) is 47.9 Å². The van der Waals surface area contributed by atoms with Crippen LogP contribution in [0.5, 0.6) is 0 Å². The van der Waals surface area contributed by atoms with Crippen LogP contribution < -0.4 is 0 Å². The first-order valence-electron chi connectivity index (χ1n) is 11.4. The normalized spacial score (nSPS) is 19.7. The van der Waals surface area contributed by atoms with Gasteiger partial charge in [0.15, 0.2) is 0 Å². The Kier molecular flexibility index (Phi) is 7.06. The summed E-state index contributed by atoms with van der Waals surface area (Å²) < 4.78 is 19.4. The van der Waals surface area contributed by atoms with Crippen molar-refractivity contribution in [3.05, 3.63) is 70.5 Å². The van der Waals surface area contributed by atoms with Gasteiger partial charge in [-0.1, -0.05) is 36.4 Å². The summed E-state index contributed by atoms with van der Waals surface area (Å²) in [5, 5.41) is 8.93. The highest BCUT2D eigenvalue weighted by atomic mass is 19.1. The smallest absolute Gasteiger partial charge is 0.410 e. The number of hydrogen-bond acceptors (Lipinski definition) is 4. The molecule has 4 rings (SSSR count). The second-order valence-corrected chi connectivity index (χ2v) is 9.04. The van der Waals surface area contributed by atoms with Gasteiger partial charge in [-0.25, -0.2) is 9.18 Å². The summed E-state index contributed by atoms with van der Waals surface area (Å²) in [4.78, 5) is 37.6. The zero-order valence-electron chi connectivity index (χ0n) is 18.5. The number of fused-ring (bicyclic) bond motifs is 1. The summed E-state index contributed by atoms with van der Waals surface area (Å²) in [6.07, 6.45) is 2.61. The second-order valence-electron chi connectivity index (χ2n) is 9.04. The molecule has 2 aromatic rings. The molecule has 6 nitrogen and oxygen atoms in total. The molecule has 2 atom stereocenters. The van der Waals surface area contributed by atoms with Crippen molar-refractivity contribution in [2.75, 3.05) is 6.54 Å². The maximum atomic E-state index is 13.8. The zero-order chi connectivity index (χ0) is 23.4. The number of nitrogens with zero attached hydrogens (tertiary/aromatic N) is 1. The molecule has 1 N–H and O–H groups in total. The van der Waals surface area contributed by atoms with Crippen molar-refractivity contribution >= 4 is 17.8 Å². The lowest BCUT2D eigenvalue weighted by Gasteiger charge is -2.29. The van der Waals surface area contributed by atoms with Gasteiger partial charge in [-0.2, -0.15) is 0 Å². The molecule has 2 aliphatic rings. The number of carboxylic acid groups (broad SMARTS) is 1. The fraction of sp³-hybridized carbons (Fsp3) is 0.423. The average Bonchev–Trinajstić information content (AvgIpc) is 3.20. The van der Waals surface area contributed by atoms with Gasteiger partial charge >= 0.3 is 12.1 Å². The van der Waals surface area contributed by atoms with E-state index >= 15 is 0 Å². The van der Waals surface area contributed by atoms with E-state index in [9.17, 15) is 18.8 Å². The first kappa shape index (κ1) is 23.0. The molecule has 0 spiro atoms. The van der Waals surface area contributed by atoms with E-state index in [4.69, 9.17) is 9.84 Å². The predicted molar refractivity (Wildman–Crippen MR) is 119 cm³/mol. The van der Waals surface area contributed by atoms with Crippen LogP contribution in [-0.4, -0.2) is 40.5 Å². The molecule has 0 bridgehead atoms. The highest BCUT2D eigenvalue weighted by Crippen LogP contribution is 2.31. The van der Waals surface area contributed by atoms with Crippen LogP contribution in [0, 0.1) is 11.7 Å². The molecule has 0 radical (unpaired) electrons. The number of ketones is 1. The van der Waals surface area contributed by atoms with E-state index in [1.54, 1.807) is 23.1 Å². The van der Waals surface area contributed by atoms with Gasteiger partial charge in [-0.3, -0.25) is 9.59 Å². The van der Waals surface area contributed by atoms with E-state index in [2.05, 4.69) is 0 Å². The SMILES string of the molecule is O=C(O)C[C@H]1CC[C@H](OC(=O)N2CCc3cc(CC(=O)Cc4ccccc4F)ccc3C2)C1.